The van der Waals surface area contributed by atoms with Gasteiger partial charge in [-0.1, -0.05) is 27.1 Å². The molecule has 0 atom stereocenters. The van der Waals surface area contributed by atoms with E-state index in [9.17, 15) is 0 Å². The van der Waals surface area contributed by atoms with Crippen molar-refractivity contribution in [3.63, 3.8) is 0 Å². The fourth-order valence-electron chi connectivity index (χ4n) is 0. The first-order valence-corrected chi connectivity index (χ1v) is 6.09. The third kappa shape index (κ3) is 305. The number of hydrogen-bond acceptors (Lipinski definition) is 4. The number of hydrogen-bond donors (Lipinski definition) is 4. The highest BCUT2D eigenvalue weighted by Crippen LogP contribution is 1.68. The normalized spacial score (nSPS) is 4.73. The Morgan fingerprint density at radius 3 is 0.818 bits per heavy atom. The zero-order valence-corrected chi connectivity index (χ0v) is 7.63. The van der Waals surface area contributed by atoms with Gasteiger partial charge in [-0.3, -0.25) is 0 Å². The third-order valence-electron chi connectivity index (χ3n) is 0. The molecule has 0 aromatic rings. The monoisotopic (exact) mass is 178 g/mol. The standard InChI is InChI=1S/C3H10Si.CH4.2H2N3/c1-4(2)3;;2*1-3-2/h4H,1-3H3;1H4;2*1-2H/q;;2*+1. The van der Waals surface area contributed by atoms with Crippen LogP contribution in [0.2, 0.25) is 19.6 Å². The highest BCUT2D eigenvalue weighted by atomic mass is 28.3. The van der Waals surface area contributed by atoms with E-state index < -0.39 is 0 Å². The molecule has 0 aliphatic carbocycles. The first-order chi connectivity index (χ1) is 4.56. The molecule has 0 unspecified atom stereocenters. The van der Waals surface area contributed by atoms with Crippen LogP contribution < -0.4 is 9.82 Å². The summed E-state index contributed by atoms with van der Waals surface area (Å²) in [5, 5.41) is 0. The van der Waals surface area contributed by atoms with Gasteiger partial charge < -0.3 is 0 Å². The van der Waals surface area contributed by atoms with Crippen LogP contribution in [0.3, 0.4) is 0 Å². The van der Waals surface area contributed by atoms with Gasteiger partial charge in [-0.05, 0) is 0 Å². The fourth-order valence-corrected chi connectivity index (χ4v) is 0. The molecular weight excluding hydrogens is 160 g/mol. The molecule has 0 aromatic heterocycles. The zero-order valence-electron chi connectivity index (χ0n) is 6.47. The van der Waals surface area contributed by atoms with Gasteiger partial charge in [0.25, 0.3) is 0 Å². The van der Waals surface area contributed by atoms with Gasteiger partial charge >= 0.3 is 0 Å². The van der Waals surface area contributed by atoms with E-state index in [-0.39, 0.29) is 16.2 Å². The van der Waals surface area contributed by atoms with Crippen LogP contribution in [0.1, 0.15) is 7.43 Å². The summed E-state index contributed by atoms with van der Waals surface area (Å²) in [6, 6.07) is 0. The summed E-state index contributed by atoms with van der Waals surface area (Å²) in [6.07, 6.45) is 0. The molecule has 0 aliphatic rings. The van der Waals surface area contributed by atoms with Crippen LogP contribution >= 0.6 is 0 Å². The summed E-state index contributed by atoms with van der Waals surface area (Å²) in [6.45, 7) is 6.92. The van der Waals surface area contributed by atoms with Gasteiger partial charge in [0.15, 0.2) is 0 Å². The molecule has 0 aromatic carbocycles. The molecule has 11 heavy (non-hydrogen) atoms. The van der Waals surface area contributed by atoms with Crippen LogP contribution in [-0.4, -0.2) is 8.80 Å². The van der Waals surface area contributed by atoms with Gasteiger partial charge in [0.2, 0.25) is 9.82 Å². The smallest absolute Gasteiger partial charge is 0.0776 e. The molecule has 66 valence electrons. The van der Waals surface area contributed by atoms with Crippen molar-refractivity contribution in [3.05, 3.63) is 0 Å². The molecule has 0 radical (unpaired) electrons. The van der Waals surface area contributed by atoms with Gasteiger partial charge in [0.05, 0.1) is 0 Å². The second-order valence-corrected chi connectivity index (χ2v) is 5.42. The van der Waals surface area contributed by atoms with Crippen LogP contribution in [0, 0.1) is 22.1 Å². The average Bonchev–Trinajstić information content (AvgIpc) is 1.65. The molecule has 0 heterocycles. The lowest BCUT2D eigenvalue weighted by Gasteiger charge is -1.75. The van der Waals surface area contributed by atoms with Gasteiger partial charge in [-0.15, -0.1) is 0 Å². The quantitative estimate of drug-likeness (QED) is 0.246. The topological polar surface area (TPSA) is 124 Å². The second kappa shape index (κ2) is 36.9. The molecule has 0 amide bonds. The Balaban J connectivity index is -0.0000000325. The Morgan fingerprint density at radius 1 is 0.818 bits per heavy atom. The van der Waals surface area contributed by atoms with E-state index in [2.05, 4.69) is 19.6 Å². The van der Waals surface area contributed by atoms with Crippen molar-refractivity contribution in [2.75, 3.05) is 0 Å². The third-order valence-corrected chi connectivity index (χ3v) is 0. The van der Waals surface area contributed by atoms with Crippen LogP contribution in [0.25, 0.3) is 0 Å². The average molecular weight is 178 g/mol. The lowest BCUT2D eigenvalue weighted by Crippen LogP contribution is -1.84. The zero-order chi connectivity index (χ0) is 8.99. The molecule has 7 heteroatoms. The van der Waals surface area contributed by atoms with Crippen molar-refractivity contribution >= 4 is 8.80 Å². The maximum absolute atomic E-state index is 5.50. The van der Waals surface area contributed by atoms with Crippen LogP contribution in [-0.2, 0) is 0 Å². The van der Waals surface area contributed by atoms with E-state index in [1.807, 2.05) is 9.82 Å². The van der Waals surface area contributed by atoms with E-state index in [1.165, 1.54) is 0 Å². The minimum atomic E-state index is -0.139. The molecule has 0 saturated heterocycles. The Bertz CT molecular complexity index is 95.0. The van der Waals surface area contributed by atoms with Crippen molar-refractivity contribution in [1.29, 1.82) is 22.1 Å². The van der Waals surface area contributed by atoms with E-state index >= 15 is 0 Å². The Hall–Kier alpha value is -1.16. The summed E-state index contributed by atoms with van der Waals surface area (Å²) in [4.78, 5) is 4.00. The van der Waals surface area contributed by atoms with Crippen LogP contribution in [0.15, 0.2) is 0 Å². The highest BCUT2D eigenvalue weighted by Gasteiger charge is 1.71. The molecule has 0 rings (SSSR count). The predicted octanol–water partition coefficient (Wildman–Crippen LogP) is 1.97. The maximum Gasteiger partial charge on any atom is 0.211 e. The van der Waals surface area contributed by atoms with Crippen molar-refractivity contribution in [1.82, 2.24) is 9.82 Å². The molecule has 0 fully saturated rings. The number of nitrogens with zero attached hydrogens (tertiary/aromatic N) is 2. The number of nitrogens with one attached hydrogen (secondary N) is 4. The Kier molecular flexibility index (Phi) is 75.6. The van der Waals surface area contributed by atoms with Crippen molar-refractivity contribution < 1.29 is 0 Å². The lowest BCUT2D eigenvalue weighted by atomic mass is 11.8. The highest BCUT2D eigenvalue weighted by molar-refractivity contribution is 6.54. The fraction of sp³-hybridized carbons (Fsp3) is 1.00. The van der Waals surface area contributed by atoms with Gasteiger partial charge in [0.1, 0.15) is 22.1 Å². The Morgan fingerprint density at radius 2 is 0.818 bits per heavy atom. The van der Waals surface area contributed by atoms with Gasteiger partial charge in [-0.2, -0.15) is 0 Å². The summed E-state index contributed by atoms with van der Waals surface area (Å²) in [5.74, 6) is 0. The molecule has 0 spiro atoms. The molecule has 6 nitrogen and oxygen atoms in total. The molecule has 4 N–H and O–H groups in total. The summed E-state index contributed by atoms with van der Waals surface area (Å²) in [5.41, 5.74) is 22.0. The van der Waals surface area contributed by atoms with Gasteiger partial charge in [-0.25, -0.2) is 0 Å². The van der Waals surface area contributed by atoms with E-state index in [4.69, 9.17) is 22.1 Å². The molecule has 0 aliphatic heterocycles. The van der Waals surface area contributed by atoms with Crippen molar-refractivity contribution in [3.8, 4) is 0 Å². The first-order valence-electron chi connectivity index (χ1n) is 2.63. The SMILES string of the molecule is C.C[SiH](C)C.N=[N+]=N.N=[N+]=N. The largest absolute Gasteiger partial charge is 0.211 e. The molecular formula is C4H18N6Si+2. The van der Waals surface area contributed by atoms with Crippen LogP contribution in [0.4, 0.5) is 0 Å². The summed E-state index contributed by atoms with van der Waals surface area (Å²) in [7, 11) is -0.139. The van der Waals surface area contributed by atoms with Gasteiger partial charge in [0, 0.05) is 8.80 Å². The lowest BCUT2D eigenvalue weighted by molar-refractivity contribution is 0.928. The van der Waals surface area contributed by atoms with E-state index in [0.29, 0.717) is 0 Å². The summed E-state index contributed by atoms with van der Waals surface area (Å²) < 4.78 is 0. The summed E-state index contributed by atoms with van der Waals surface area (Å²) >= 11 is 0. The second-order valence-electron chi connectivity index (χ2n) is 1.96. The minimum Gasteiger partial charge on any atom is -0.0776 e. The van der Waals surface area contributed by atoms with E-state index in [0.717, 1.165) is 0 Å². The minimum absolute atomic E-state index is 0. The van der Waals surface area contributed by atoms with Crippen molar-refractivity contribution in [2.45, 2.75) is 27.1 Å². The number of rotatable bonds is 0. The molecule has 0 saturated carbocycles. The maximum atomic E-state index is 5.50. The Labute approximate surface area is 68.7 Å². The predicted molar refractivity (Wildman–Crippen MR) is 46.6 cm³/mol. The molecule has 0 bridgehead atoms. The van der Waals surface area contributed by atoms with Crippen molar-refractivity contribution in [2.24, 2.45) is 0 Å². The first kappa shape index (κ1) is 22.5. The van der Waals surface area contributed by atoms with E-state index in [1.54, 1.807) is 0 Å². The van der Waals surface area contributed by atoms with Crippen LogP contribution in [0.5, 0.6) is 0 Å².